The number of halogens is 2. The molecule has 0 radical (unpaired) electrons. The average molecular weight is 538 g/mol. The van der Waals surface area contributed by atoms with Crippen LogP contribution in [0.2, 0.25) is 0 Å². The van der Waals surface area contributed by atoms with E-state index in [0.717, 1.165) is 7.40 Å². The minimum absolute atomic E-state index is 0.155. The van der Waals surface area contributed by atoms with Gasteiger partial charge in [0.2, 0.25) is 0 Å². The summed E-state index contributed by atoms with van der Waals surface area (Å²) < 4.78 is 3.06. The van der Waals surface area contributed by atoms with Gasteiger partial charge in [-0.3, -0.25) is 19.4 Å². The second-order valence-electron chi connectivity index (χ2n) is 4.31. The van der Waals surface area contributed by atoms with Gasteiger partial charge in [0.05, 0.1) is 12.7 Å². The predicted molar refractivity (Wildman–Crippen MR) is 99.1 cm³/mol. The quantitative estimate of drug-likeness (QED) is 0.279. The molecule has 0 spiro atoms. The van der Waals surface area contributed by atoms with Gasteiger partial charge in [-0.25, -0.2) is 9.97 Å². The Morgan fingerprint density at radius 2 is 1.65 bits per heavy atom. The van der Waals surface area contributed by atoms with Crippen molar-refractivity contribution in [3.63, 3.8) is 0 Å². The van der Waals surface area contributed by atoms with Crippen LogP contribution in [0.3, 0.4) is 0 Å². The fourth-order valence-corrected chi connectivity index (χ4v) is 3.12. The number of rotatable bonds is 0. The maximum atomic E-state index is 11.3. The molecule has 4 aromatic heterocycles. The number of aromatic nitrogens is 8. The van der Waals surface area contributed by atoms with Crippen LogP contribution in [0, 0.1) is 7.40 Å². The molecule has 12 heteroatoms. The van der Waals surface area contributed by atoms with Crippen molar-refractivity contribution in [1.29, 1.82) is 0 Å². The molecule has 0 bridgehead atoms. The zero-order valence-corrected chi connectivity index (χ0v) is 15.8. The molecule has 4 aromatic rings. The number of nitrogens with one attached hydrogen (secondary N) is 3. The molecule has 3 N–H and O–H groups in total. The molecular weight excluding hydrogens is 530 g/mol. The highest BCUT2D eigenvalue weighted by Gasteiger charge is 2.09. The maximum absolute atomic E-state index is 11.3. The monoisotopic (exact) mass is 538 g/mol. The lowest BCUT2D eigenvalue weighted by Gasteiger charge is -1.88. The Kier molecular flexibility index (Phi) is 4.42. The number of aryl methyl sites for hydroxylation is 1. The summed E-state index contributed by atoms with van der Waals surface area (Å²) in [7, 11) is 1.72. The van der Waals surface area contributed by atoms with Gasteiger partial charge in [-0.2, -0.15) is 10.2 Å². The number of hydrogen-bond acceptors (Lipinski definition) is 6. The molecule has 10 nitrogen and oxygen atoms in total. The van der Waals surface area contributed by atoms with E-state index in [1.165, 1.54) is 17.3 Å². The van der Waals surface area contributed by atoms with E-state index >= 15 is 0 Å². The minimum Gasteiger partial charge on any atom is -0.311 e. The fraction of sp³-hybridized carbons (Fsp3) is 0.0909. The first-order valence-electron chi connectivity index (χ1n) is 6.12. The van der Waals surface area contributed by atoms with Crippen LogP contribution in [0.1, 0.15) is 0 Å². The Labute approximate surface area is 154 Å². The van der Waals surface area contributed by atoms with Gasteiger partial charge in [-0.1, -0.05) is 0 Å². The lowest BCUT2D eigenvalue weighted by molar-refractivity contribution is 0.783. The van der Waals surface area contributed by atoms with Crippen molar-refractivity contribution in [3.05, 3.63) is 40.8 Å². The maximum Gasteiger partial charge on any atom is 0.279 e. The van der Waals surface area contributed by atoms with E-state index in [9.17, 15) is 9.59 Å². The summed E-state index contributed by atoms with van der Waals surface area (Å²) in [5.74, 6) is 0. The third kappa shape index (κ3) is 2.99. The molecule has 0 aliphatic carbocycles. The van der Waals surface area contributed by atoms with Crippen molar-refractivity contribution in [1.82, 2.24) is 39.9 Å². The molecule has 0 amide bonds. The molecule has 4 rings (SSSR count). The van der Waals surface area contributed by atoms with Crippen molar-refractivity contribution in [3.8, 4) is 0 Å². The van der Waals surface area contributed by atoms with Crippen LogP contribution in [0.15, 0.2) is 22.2 Å². The van der Waals surface area contributed by atoms with Crippen molar-refractivity contribution in [2.75, 3.05) is 0 Å². The molecule has 118 valence electrons. The summed E-state index contributed by atoms with van der Waals surface area (Å²) in [5, 5.41) is 10.5. The minimum atomic E-state index is -0.214. The Balaban J connectivity index is 0.000000136. The first-order chi connectivity index (χ1) is 11.0. The second-order valence-corrected chi connectivity index (χ2v) is 6.41. The normalized spacial score (nSPS) is 10.7. The average Bonchev–Trinajstić information content (AvgIpc) is 3.03. The molecule has 0 saturated carbocycles. The molecule has 0 atom stereocenters. The van der Waals surface area contributed by atoms with Crippen LogP contribution in [-0.4, -0.2) is 39.9 Å². The molecular formula is C11H8I2N8O2. The first kappa shape index (κ1) is 16.0. The second kappa shape index (κ2) is 6.34. The molecule has 0 aromatic carbocycles. The first-order valence-corrected chi connectivity index (χ1v) is 8.28. The topological polar surface area (TPSA) is 138 Å². The number of H-pyrrole nitrogens is 3. The van der Waals surface area contributed by atoms with Gasteiger partial charge in [0.25, 0.3) is 11.1 Å². The molecule has 0 fully saturated rings. The summed E-state index contributed by atoms with van der Waals surface area (Å²) in [4.78, 5) is 35.2. The molecule has 23 heavy (non-hydrogen) atoms. The SMILES string of the molecule is Cn1nc(I)c2nc[nH]c(=O)c21.O=c1[nH]cnc2c(I)[nH]nc12. The summed E-state index contributed by atoms with van der Waals surface area (Å²) in [6.07, 6.45) is 2.75. The molecule has 0 unspecified atom stereocenters. The van der Waals surface area contributed by atoms with E-state index in [4.69, 9.17) is 0 Å². The lowest BCUT2D eigenvalue weighted by atomic mass is 10.5. The number of hydrogen-bond donors (Lipinski definition) is 3. The van der Waals surface area contributed by atoms with Crippen LogP contribution in [0.25, 0.3) is 22.1 Å². The van der Waals surface area contributed by atoms with Crippen molar-refractivity contribution in [2.45, 2.75) is 0 Å². The van der Waals surface area contributed by atoms with E-state index in [1.54, 1.807) is 7.05 Å². The van der Waals surface area contributed by atoms with Crippen LogP contribution >= 0.6 is 45.2 Å². The van der Waals surface area contributed by atoms with Gasteiger partial charge >= 0.3 is 0 Å². The number of fused-ring (bicyclic) bond motifs is 2. The molecule has 4 heterocycles. The molecule has 0 aliphatic rings. The smallest absolute Gasteiger partial charge is 0.279 e. The number of nitrogens with zero attached hydrogens (tertiary/aromatic N) is 5. The van der Waals surface area contributed by atoms with E-state index < -0.39 is 0 Å². The van der Waals surface area contributed by atoms with Crippen molar-refractivity contribution < 1.29 is 0 Å². The van der Waals surface area contributed by atoms with Crippen LogP contribution in [-0.2, 0) is 7.05 Å². The highest BCUT2D eigenvalue weighted by molar-refractivity contribution is 14.1. The fourth-order valence-electron chi connectivity index (χ4n) is 1.89. The largest absolute Gasteiger partial charge is 0.311 e. The zero-order chi connectivity index (χ0) is 16.6. The van der Waals surface area contributed by atoms with E-state index in [1.807, 2.05) is 45.2 Å². The van der Waals surface area contributed by atoms with Crippen molar-refractivity contribution >= 4 is 67.2 Å². The van der Waals surface area contributed by atoms with Gasteiger partial charge in [0.15, 0.2) is 11.0 Å². The Morgan fingerprint density at radius 1 is 1.00 bits per heavy atom. The highest BCUT2D eigenvalue weighted by atomic mass is 127. The van der Waals surface area contributed by atoms with E-state index in [-0.39, 0.29) is 11.1 Å². The summed E-state index contributed by atoms with van der Waals surface area (Å²) >= 11 is 4.09. The van der Waals surface area contributed by atoms with Crippen LogP contribution < -0.4 is 11.1 Å². The molecule has 0 aliphatic heterocycles. The van der Waals surface area contributed by atoms with Crippen LogP contribution in [0.4, 0.5) is 0 Å². The lowest BCUT2D eigenvalue weighted by Crippen LogP contribution is -2.09. The standard InChI is InChI=1S/C6H5IN4O.C5H3IN4O/c1-11-4-3(5(7)10-11)8-2-9-6(4)12;6-4-2-3(9-10-4)5(11)8-1-7-2/h2H,1H3,(H,8,9,12);1H,(H,9,10)(H,7,8,11). The highest BCUT2D eigenvalue weighted by Crippen LogP contribution is 2.12. The predicted octanol–water partition coefficient (Wildman–Crippen LogP) is 0.512. The van der Waals surface area contributed by atoms with Gasteiger partial charge < -0.3 is 9.97 Å². The van der Waals surface area contributed by atoms with Gasteiger partial charge in [-0.15, -0.1) is 0 Å². The Bertz CT molecular complexity index is 1110. The van der Waals surface area contributed by atoms with Crippen molar-refractivity contribution in [2.24, 2.45) is 7.05 Å². The van der Waals surface area contributed by atoms with E-state index in [0.29, 0.717) is 22.1 Å². The Hall–Kier alpha value is -1.84. The zero-order valence-electron chi connectivity index (χ0n) is 11.5. The van der Waals surface area contributed by atoms with E-state index in [2.05, 4.69) is 35.2 Å². The molecule has 0 saturated heterocycles. The summed E-state index contributed by atoms with van der Waals surface area (Å²) in [6, 6.07) is 0. The summed E-state index contributed by atoms with van der Waals surface area (Å²) in [5.41, 5.74) is 1.78. The van der Waals surface area contributed by atoms with Gasteiger partial charge in [0.1, 0.15) is 18.4 Å². The third-order valence-electron chi connectivity index (χ3n) is 2.89. The Morgan fingerprint density at radius 3 is 2.30 bits per heavy atom. The third-order valence-corrected chi connectivity index (χ3v) is 4.37. The van der Waals surface area contributed by atoms with Gasteiger partial charge in [-0.05, 0) is 45.2 Å². The van der Waals surface area contributed by atoms with Gasteiger partial charge in [0, 0.05) is 7.05 Å². The number of aromatic amines is 3. The van der Waals surface area contributed by atoms with Crippen LogP contribution in [0.5, 0.6) is 0 Å². The summed E-state index contributed by atoms with van der Waals surface area (Å²) in [6.45, 7) is 0.